The third kappa shape index (κ3) is 2.71. The van der Waals surface area contributed by atoms with Crippen LogP contribution in [0.2, 0.25) is 5.15 Å². The minimum atomic E-state index is -4.43. The topological polar surface area (TPSA) is 25.8 Å². The van der Waals surface area contributed by atoms with Gasteiger partial charge in [-0.25, -0.2) is 9.97 Å². The Morgan fingerprint density at radius 2 is 1.84 bits per heavy atom. The van der Waals surface area contributed by atoms with Gasteiger partial charge in [0.15, 0.2) is 0 Å². The maximum atomic E-state index is 13.0. The summed E-state index contributed by atoms with van der Waals surface area (Å²) in [6, 6.07) is 5.31. The monoisotopic (exact) mass is 286 g/mol. The molecule has 0 fully saturated rings. The summed E-state index contributed by atoms with van der Waals surface area (Å²) in [5.41, 5.74) is 0.0481. The number of halogens is 4. The van der Waals surface area contributed by atoms with Crippen molar-refractivity contribution in [2.24, 2.45) is 0 Å². The normalized spacial score (nSPS) is 11.6. The van der Waals surface area contributed by atoms with Crippen LogP contribution in [0.1, 0.15) is 18.1 Å². The van der Waals surface area contributed by atoms with Gasteiger partial charge in [-0.1, -0.05) is 36.7 Å². The zero-order chi connectivity index (χ0) is 14.0. The van der Waals surface area contributed by atoms with E-state index in [1.807, 2.05) is 0 Å². The molecule has 19 heavy (non-hydrogen) atoms. The van der Waals surface area contributed by atoms with Crippen LogP contribution in [0.25, 0.3) is 11.3 Å². The fourth-order valence-electron chi connectivity index (χ4n) is 1.87. The van der Waals surface area contributed by atoms with Crippen LogP contribution in [0.15, 0.2) is 30.6 Å². The van der Waals surface area contributed by atoms with E-state index < -0.39 is 11.7 Å². The van der Waals surface area contributed by atoms with Gasteiger partial charge in [0.2, 0.25) is 0 Å². The molecule has 0 bridgehead atoms. The summed E-state index contributed by atoms with van der Waals surface area (Å²) in [7, 11) is 0. The van der Waals surface area contributed by atoms with Gasteiger partial charge < -0.3 is 0 Å². The number of hydrogen-bond acceptors (Lipinski definition) is 2. The van der Waals surface area contributed by atoms with Crippen LogP contribution in [0.3, 0.4) is 0 Å². The van der Waals surface area contributed by atoms with Gasteiger partial charge in [0, 0.05) is 11.1 Å². The molecule has 0 amide bonds. The van der Waals surface area contributed by atoms with E-state index in [2.05, 4.69) is 9.97 Å². The highest BCUT2D eigenvalue weighted by atomic mass is 35.5. The van der Waals surface area contributed by atoms with Crippen molar-refractivity contribution >= 4 is 11.6 Å². The molecule has 1 aromatic heterocycles. The van der Waals surface area contributed by atoms with Crippen molar-refractivity contribution in [1.82, 2.24) is 9.97 Å². The number of benzene rings is 1. The summed E-state index contributed by atoms with van der Waals surface area (Å²) in [4.78, 5) is 7.76. The molecule has 0 unspecified atom stereocenters. The van der Waals surface area contributed by atoms with E-state index in [4.69, 9.17) is 11.6 Å². The fourth-order valence-corrected chi connectivity index (χ4v) is 2.14. The van der Waals surface area contributed by atoms with Crippen LogP contribution >= 0.6 is 11.6 Å². The summed E-state index contributed by atoms with van der Waals surface area (Å²) in [6.07, 6.45) is -2.80. The Morgan fingerprint density at radius 1 is 1.16 bits per heavy atom. The van der Waals surface area contributed by atoms with E-state index >= 15 is 0 Å². The molecule has 0 radical (unpaired) electrons. The molecule has 0 saturated heterocycles. The van der Waals surface area contributed by atoms with Crippen LogP contribution in [0, 0.1) is 0 Å². The van der Waals surface area contributed by atoms with E-state index in [1.165, 1.54) is 18.5 Å². The summed E-state index contributed by atoms with van der Waals surface area (Å²) < 4.78 is 39.0. The average Bonchev–Trinajstić information content (AvgIpc) is 2.37. The molecular weight excluding hydrogens is 277 g/mol. The molecule has 100 valence electrons. The zero-order valence-corrected chi connectivity index (χ0v) is 10.8. The lowest BCUT2D eigenvalue weighted by atomic mass is 10.00. The van der Waals surface area contributed by atoms with Gasteiger partial charge in [-0.3, -0.25) is 0 Å². The molecule has 2 aromatic rings. The summed E-state index contributed by atoms with van der Waals surface area (Å²) >= 11 is 5.91. The first kappa shape index (κ1) is 13.8. The Morgan fingerprint density at radius 3 is 2.47 bits per heavy atom. The predicted octanol–water partition coefficient (Wildman–Crippen LogP) is 4.38. The summed E-state index contributed by atoms with van der Waals surface area (Å²) in [6.45, 7) is 1.80. The zero-order valence-electron chi connectivity index (χ0n) is 10.0. The minimum absolute atomic E-state index is 0.0242. The first-order valence-electron chi connectivity index (χ1n) is 5.61. The second-order valence-corrected chi connectivity index (χ2v) is 4.25. The van der Waals surface area contributed by atoms with Crippen molar-refractivity contribution in [1.29, 1.82) is 0 Å². The highest BCUT2D eigenvalue weighted by Gasteiger charge is 2.34. The number of rotatable bonds is 2. The van der Waals surface area contributed by atoms with E-state index in [9.17, 15) is 13.2 Å². The lowest BCUT2D eigenvalue weighted by molar-refractivity contribution is -0.137. The Balaban J connectivity index is 2.70. The summed E-state index contributed by atoms with van der Waals surface area (Å²) in [5, 5.41) is 0.185. The SMILES string of the molecule is CCc1c(Cl)ncnc1-c1ccccc1C(F)(F)F. The van der Waals surface area contributed by atoms with E-state index in [-0.39, 0.29) is 16.4 Å². The highest BCUT2D eigenvalue weighted by Crippen LogP contribution is 2.38. The average molecular weight is 287 g/mol. The maximum Gasteiger partial charge on any atom is 0.417 e. The lowest BCUT2D eigenvalue weighted by Crippen LogP contribution is -2.08. The number of hydrogen-bond donors (Lipinski definition) is 0. The minimum Gasteiger partial charge on any atom is -0.236 e. The molecule has 0 aliphatic carbocycles. The van der Waals surface area contributed by atoms with Crippen LogP contribution in [-0.4, -0.2) is 9.97 Å². The van der Waals surface area contributed by atoms with Crippen molar-refractivity contribution in [3.63, 3.8) is 0 Å². The van der Waals surface area contributed by atoms with Crippen LogP contribution in [0.5, 0.6) is 0 Å². The highest BCUT2D eigenvalue weighted by molar-refractivity contribution is 6.30. The van der Waals surface area contributed by atoms with Crippen LogP contribution in [0.4, 0.5) is 13.2 Å². The van der Waals surface area contributed by atoms with Gasteiger partial charge in [-0.15, -0.1) is 0 Å². The van der Waals surface area contributed by atoms with Gasteiger partial charge in [0.25, 0.3) is 0 Å². The second kappa shape index (κ2) is 5.17. The molecule has 1 heterocycles. The maximum absolute atomic E-state index is 13.0. The van der Waals surface area contributed by atoms with Gasteiger partial charge in [0.05, 0.1) is 11.3 Å². The Hall–Kier alpha value is -1.62. The smallest absolute Gasteiger partial charge is 0.236 e. The van der Waals surface area contributed by atoms with Crippen molar-refractivity contribution in [3.8, 4) is 11.3 Å². The first-order valence-corrected chi connectivity index (χ1v) is 5.99. The van der Waals surface area contributed by atoms with Gasteiger partial charge in [-0.05, 0) is 12.5 Å². The van der Waals surface area contributed by atoms with Crippen molar-refractivity contribution in [3.05, 3.63) is 46.9 Å². The third-order valence-electron chi connectivity index (χ3n) is 2.73. The Labute approximate surface area is 113 Å². The summed E-state index contributed by atoms with van der Waals surface area (Å²) in [5.74, 6) is 0. The Bertz CT molecular complexity index is 597. The number of aromatic nitrogens is 2. The third-order valence-corrected chi connectivity index (χ3v) is 3.06. The molecular formula is C13H10ClF3N2. The van der Waals surface area contributed by atoms with Crippen LogP contribution < -0.4 is 0 Å². The second-order valence-electron chi connectivity index (χ2n) is 3.89. The molecule has 6 heteroatoms. The molecule has 0 saturated carbocycles. The van der Waals surface area contributed by atoms with Gasteiger partial charge in [0.1, 0.15) is 11.5 Å². The van der Waals surface area contributed by atoms with E-state index in [0.717, 1.165) is 6.07 Å². The number of alkyl halides is 3. The molecule has 0 spiro atoms. The lowest BCUT2D eigenvalue weighted by Gasteiger charge is -2.14. The van der Waals surface area contributed by atoms with E-state index in [1.54, 1.807) is 13.0 Å². The molecule has 1 aromatic carbocycles. The first-order chi connectivity index (χ1) is 8.95. The Kier molecular flexibility index (Phi) is 3.75. The van der Waals surface area contributed by atoms with Crippen LogP contribution in [-0.2, 0) is 12.6 Å². The van der Waals surface area contributed by atoms with Gasteiger partial charge >= 0.3 is 6.18 Å². The molecule has 0 atom stereocenters. The largest absolute Gasteiger partial charge is 0.417 e. The van der Waals surface area contributed by atoms with Crippen molar-refractivity contribution < 1.29 is 13.2 Å². The molecule has 0 N–H and O–H groups in total. The van der Waals surface area contributed by atoms with Crippen molar-refractivity contribution in [2.45, 2.75) is 19.5 Å². The molecule has 2 rings (SSSR count). The predicted molar refractivity (Wildman–Crippen MR) is 66.9 cm³/mol. The quantitative estimate of drug-likeness (QED) is 0.766. The van der Waals surface area contributed by atoms with Crippen molar-refractivity contribution in [2.75, 3.05) is 0 Å². The van der Waals surface area contributed by atoms with E-state index in [0.29, 0.717) is 12.0 Å². The number of nitrogens with zero attached hydrogens (tertiary/aromatic N) is 2. The van der Waals surface area contributed by atoms with Gasteiger partial charge in [-0.2, -0.15) is 13.2 Å². The standard InChI is InChI=1S/C13H10ClF3N2/c1-2-8-11(18-7-19-12(8)14)9-5-3-4-6-10(9)13(15,16)17/h3-7H,2H2,1H3. The fraction of sp³-hybridized carbons (Fsp3) is 0.231. The molecule has 0 aliphatic heterocycles. The molecule has 2 nitrogen and oxygen atoms in total. The molecule has 0 aliphatic rings.